The number of halogens is 4. The van der Waals surface area contributed by atoms with Gasteiger partial charge in [0.25, 0.3) is 0 Å². The molecule has 2 aromatic carbocycles. The van der Waals surface area contributed by atoms with Gasteiger partial charge in [-0.25, -0.2) is 8.78 Å². The van der Waals surface area contributed by atoms with Crippen molar-refractivity contribution < 1.29 is 13.9 Å². The Kier molecular flexibility index (Phi) is 4.23. The molecule has 0 fully saturated rings. The van der Waals surface area contributed by atoms with Gasteiger partial charge in [0, 0.05) is 9.50 Å². The van der Waals surface area contributed by atoms with E-state index in [1.165, 1.54) is 19.1 Å². The summed E-state index contributed by atoms with van der Waals surface area (Å²) in [6.07, 6.45) is -1.41. The van der Waals surface area contributed by atoms with E-state index in [0.717, 1.165) is 6.07 Å². The minimum Gasteiger partial charge on any atom is -0.383 e. The molecule has 2 aromatic rings. The van der Waals surface area contributed by atoms with Crippen LogP contribution >= 0.6 is 27.5 Å². The number of aliphatic hydroxyl groups is 1. The summed E-state index contributed by atoms with van der Waals surface area (Å²) in [4.78, 5) is 0. The summed E-state index contributed by atoms with van der Waals surface area (Å²) in [6.45, 7) is 1.51. The normalized spacial score (nSPS) is 12.5. The van der Waals surface area contributed by atoms with Gasteiger partial charge in [0.15, 0.2) is 0 Å². The molecular formula is C14H10BrClF2O. The van der Waals surface area contributed by atoms with Gasteiger partial charge in [0.2, 0.25) is 0 Å². The highest BCUT2D eigenvalue weighted by molar-refractivity contribution is 9.10. The van der Waals surface area contributed by atoms with Crippen LogP contribution in [-0.2, 0) is 0 Å². The fourth-order valence-corrected chi connectivity index (χ4v) is 2.72. The van der Waals surface area contributed by atoms with Crippen molar-refractivity contribution in [2.45, 2.75) is 13.0 Å². The molecule has 0 bridgehead atoms. The van der Waals surface area contributed by atoms with Gasteiger partial charge in [-0.3, -0.25) is 0 Å². The van der Waals surface area contributed by atoms with Crippen LogP contribution in [0.25, 0.3) is 0 Å². The molecular weight excluding hydrogens is 338 g/mol. The Labute approximate surface area is 123 Å². The highest BCUT2D eigenvalue weighted by Gasteiger charge is 2.21. The van der Waals surface area contributed by atoms with Crippen LogP contribution in [-0.4, -0.2) is 5.11 Å². The first-order valence-electron chi connectivity index (χ1n) is 5.48. The highest BCUT2D eigenvalue weighted by atomic mass is 79.9. The van der Waals surface area contributed by atoms with E-state index in [-0.39, 0.29) is 11.1 Å². The van der Waals surface area contributed by atoms with Crippen molar-refractivity contribution in [3.8, 4) is 0 Å². The van der Waals surface area contributed by atoms with Crippen LogP contribution in [0.5, 0.6) is 0 Å². The Morgan fingerprint density at radius 1 is 1.21 bits per heavy atom. The molecule has 0 aliphatic heterocycles. The molecule has 0 aliphatic carbocycles. The maximum Gasteiger partial charge on any atom is 0.135 e. The molecule has 1 unspecified atom stereocenters. The summed E-state index contributed by atoms with van der Waals surface area (Å²) in [6, 6.07) is 7.13. The van der Waals surface area contributed by atoms with Crippen molar-refractivity contribution >= 4 is 27.5 Å². The lowest BCUT2D eigenvalue weighted by molar-refractivity contribution is 0.208. The Morgan fingerprint density at radius 3 is 2.53 bits per heavy atom. The maximum atomic E-state index is 14.0. The van der Waals surface area contributed by atoms with Gasteiger partial charge >= 0.3 is 0 Å². The number of aliphatic hydroxyl groups excluding tert-OH is 1. The fourth-order valence-electron chi connectivity index (χ4n) is 1.83. The molecule has 0 saturated heterocycles. The lowest BCUT2D eigenvalue weighted by atomic mass is 9.98. The second kappa shape index (κ2) is 5.57. The van der Waals surface area contributed by atoms with Gasteiger partial charge in [0.1, 0.15) is 17.7 Å². The fraction of sp³-hybridized carbons (Fsp3) is 0.143. The number of rotatable bonds is 2. The van der Waals surface area contributed by atoms with Gasteiger partial charge in [-0.2, -0.15) is 0 Å². The Balaban J connectivity index is 2.55. The molecule has 0 aliphatic rings. The van der Waals surface area contributed by atoms with Crippen LogP contribution in [0.1, 0.15) is 22.8 Å². The Morgan fingerprint density at radius 2 is 1.89 bits per heavy atom. The first-order chi connectivity index (χ1) is 8.90. The molecule has 0 amide bonds. The minimum atomic E-state index is -1.41. The van der Waals surface area contributed by atoms with Crippen molar-refractivity contribution in [2.24, 2.45) is 0 Å². The van der Waals surface area contributed by atoms with Crippen LogP contribution in [0, 0.1) is 18.6 Å². The third-order valence-corrected chi connectivity index (χ3v) is 3.47. The molecule has 2 rings (SSSR count). The van der Waals surface area contributed by atoms with Crippen molar-refractivity contribution in [3.63, 3.8) is 0 Å². The van der Waals surface area contributed by atoms with Crippen LogP contribution in [0.4, 0.5) is 8.78 Å². The molecule has 0 spiro atoms. The van der Waals surface area contributed by atoms with E-state index in [4.69, 9.17) is 11.6 Å². The summed E-state index contributed by atoms with van der Waals surface area (Å²) in [5.74, 6) is -1.53. The molecule has 1 atom stereocenters. The van der Waals surface area contributed by atoms with Crippen molar-refractivity contribution in [2.75, 3.05) is 0 Å². The molecule has 0 saturated carbocycles. The third kappa shape index (κ3) is 2.96. The first kappa shape index (κ1) is 14.4. The van der Waals surface area contributed by atoms with Gasteiger partial charge in [-0.05, 0) is 42.3 Å². The van der Waals surface area contributed by atoms with Crippen molar-refractivity contribution in [1.29, 1.82) is 0 Å². The zero-order valence-electron chi connectivity index (χ0n) is 9.92. The molecule has 19 heavy (non-hydrogen) atoms. The van der Waals surface area contributed by atoms with E-state index >= 15 is 0 Å². The lowest BCUT2D eigenvalue weighted by Crippen LogP contribution is -2.07. The van der Waals surface area contributed by atoms with E-state index < -0.39 is 17.7 Å². The molecule has 100 valence electrons. The topological polar surface area (TPSA) is 20.2 Å². The average Bonchev–Trinajstić information content (AvgIpc) is 2.33. The number of hydrogen-bond donors (Lipinski definition) is 1. The second-order valence-electron chi connectivity index (χ2n) is 4.20. The zero-order chi connectivity index (χ0) is 14.2. The molecule has 0 radical (unpaired) electrons. The quantitative estimate of drug-likeness (QED) is 0.829. The number of aryl methyl sites for hydroxylation is 1. The molecule has 5 heteroatoms. The summed E-state index contributed by atoms with van der Waals surface area (Å²) in [5, 5.41) is 10.5. The smallest absolute Gasteiger partial charge is 0.135 e. The van der Waals surface area contributed by atoms with Gasteiger partial charge in [0.05, 0.1) is 5.56 Å². The summed E-state index contributed by atoms with van der Waals surface area (Å²) in [5.41, 5.74) is 0.230. The van der Waals surface area contributed by atoms with E-state index in [1.54, 1.807) is 12.1 Å². The van der Waals surface area contributed by atoms with Crippen molar-refractivity contribution in [3.05, 3.63) is 68.2 Å². The SMILES string of the molecule is Cc1ccc(F)c(C(O)c2cc(Cl)cc(Br)c2)c1F. The van der Waals surface area contributed by atoms with Gasteiger partial charge < -0.3 is 5.11 Å². The van der Waals surface area contributed by atoms with E-state index in [0.29, 0.717) is 15.1 Å². The average molecular weight is 348 g/mol. The molecule has 1 nitrogen and oxygen atoms in total. The maximum absolute atomic E-state index is 14.0. The van der Waals surface area contributed by atoms with Crippen LogP contribution in [0.15, 0.2) is 34.8 Å². The van der Waals surface area contributed by atoms with Crippen LogP contribution < -0.4 is 0 Å². The van der Waals surface area contributed by atoms with Crippen molar-refractivity contribution in [1.82, 2.24) is 0 Å². The van der Waals surface area contributed by atoms with E-state index in [9.17, 15) is 13.9 Å². The lowest BCUT2D eigenvalue weighted by Gasteiger charge is -2.15. The minimum absolute atomic E-state index is 0.275. The molecule has 0 aromatic heterocycles. The van der Waals surface area contributed by atoms with E-state index in [1.807, 2.05) is 0 Å². The van der Waals surface area contributed by atoms with Crippen LogP contribution in [0.2, 0.25) is 5.02 Å². The highest BCUT2D eigenvalue weighted by Crippen LogP contribution is 2.31. The Bertz CT molecular complexity index is 611. The molecule has 1 N–H and O–H groups in total. The zero-order valence-corrected chi connectivity index (χ0v) is 12.3. The number of benzene rings is 2. The number of hydrogen-bond acceptors (Lipinski definition) is 1. The van der Waals surface area contributed by atoms with Gasteiger partial charge in [-0.1, -0.05) is 33.6 Å². The predicted octanol–water partition coefficient (Wildman–Crippen LogP) is 4.77. The van der Waals surface area contributed by atoms with E-state index in [2.05, 4.69) is 15.9 Å². The van der Waals surface area contributed by atoms with Gasteiger partial charge in [-0.15, -0.1) is 0 Å². The largest absolute Gasteiger partial charge is 0.383 e. The first-order valence-corrected chi connectivity index (χ1v) is 6.66. The van der Waals surface area contributed by atoms with Crippen LogP contribution in [0.3, 0.4) is 0 Å². The monoisotopic (exact) mass is 346 g/mol. The summed E-state index contributed by atoms with van der Waals surface area (Å²) < 4.78 is 28.3. The predicted molar refractivity (Wildman–Crippen MR) is 74.3 cm³/mol. The summed E-state index contributed by atoms with van der Waals surface area (Å²) >= 11 is 9.09. The summed E-state index contributed by atoms with van der Waals surface area (Å²) in [7, 11) is 0. The second-order valence-corrected chi connectivity index (χ2v) is 5.55. The molecule has 0 heterocycles. The third-order valence-electron chi connectivity index (χ3n) is 2.79. The standard InChI is InChI=1S/C14H10BrClF2O/c1-7-2-3-11(17)12(13(7)18)14(19)8-4-9(15)6-10(16)5-8/h2-6,14,19H,1H3. The Hall–Kier alpha value is -0.970.